The Morgan fingerprint density at radius 3 is 2.53 bits per heavy atom. The number of rotatable bonds is 10. The number of carbonyl (C=O) groups excluding carboxylic acids is 1. The third-order valence-corrected chi connectivity index (χ3v) is 4.44. The maximum absolute atomic E-state index is 12.3. The van der Waals surface area contributed by atoms with Crippen LogP contribution in [0.5, 0.6) is 11.5 Å². The molecule has 0 fully saturated rings. The maximum Gasteiger partial charge on any atom is 0.251 e. The van der Waals surface area contributed by atoms with Gasteiger partial charge in [0, 0.05) is 44.0 Å². The Morgan fingerprint density at radius 1 is 1.09 bits per heavy atom. The van der Waals surface area contributed by atoms with Crippen LogP contribution < -0.4 is 25.4 Å². The van der Waals surface area contributed by atoms with Crippen molar-refractivity contribution in [3.63, 3.8) is 0 Å². The normalized spacial score (nSPS) is 10.9. The van der Waals surface area contributed by atoms with Gasteiger partial charge < -0.3 is 30.3 Å². The molecule has 0 saturated carbocycles. The molecule has 0 aliphatic carbocycles. The number of hydrogen-bond donors (Lipinski definition) is 3. The van der Waals surface area contributed by atoms with Crippen LogP contribution in [0.1, 0.15) is 22.8 Å². The molecule has 0 bridgehead atoms. The standard InChI is InChI=1S/C23H33N5O3.HI/c1-6-31-21-15-19(10-11-20(21)30-5)27-23(24-2)26-16-17-8-7-9-18(14-17)22(29)25-12-13-28(3)4;/h7-11,14-15H,6,12-13,16H2,1-5H3,(H,25,29)(H2,24,26,27);1H. The lowest BCUT2D eigenvalue weighted by Crippen LogP contribution is -2.32. The number of nitrogens with one attached hydrogen (secondary N) is 3. The molecule has 9 heteroatoms. The summed E-state index contributed by atoms with van der Waals surface area (Å²) in [5.74, 6) is 1.87. The molecule has 2 aromatic rings. The van der Waals surface area contributed by atoms with Gasteiger partial charge in [0.05, 0.1) is 13.7 Å². The second kappa shape index (κ2) is 14.5. The van der Waals surface area contributed by atoms with Crippen LogP contribution in [0.2, 0.25) is 0 Å². The minimum absolute atomic E-state index is 0. The SMILES string of the molecule is CCOc1cc(NC(=NC)NCc2cccc(C(=O)NCCN(C)C)c2)ccc1OC.I. The third kappa shape index (κ3) is 8.91. The Morgan fingerprint density at radius 2 is 1.88 bits per heavy atom. The first-order valence-corrected chi connectivity index (χ1v) is 10.3. The van der Waals surface area contributed by atoms with Gasteiger partial charge in [-0.2, -0.15) is 0 Å². The molecule has 176 valence electrons. The Hall–Kier alpha value is -2.53. The van der Waals surface area contributed by atoms with E-state index >= 15 is 0 Å². The molecule has 0 radical (unpaired) electrons. The summed E-state index contributed by atoms with van der Waals surface area (Å²) in [6.07, 6.45) is 0. The highest BCUT2D eigenvalue weighted by molar-refractivity contribution is 14.0. The summed E-state index contributed by atoms with van der Waals surface area (Å²) < 4.78 is 10.9. The van der Waals surface area contributed by atoms with E-state index in [0.717, 1.165) is 17.8 Å². The molecule has 8 nitrogen and oxygen atoms in total. The molecule has 3 N–H and O–H groups in total. The second-order valence-electron chi connectivity index (χ2n) is 7.11. The number of amides is 1. The van der Waals surface area contributed by atoms with Crippen LogP contribution in [-0.2, 0) is 6.54 Å². The molecule has 0 heterocycles. The smallest absolute Gasteiger partial charge is 0.251 e. The van der Waals surface area contributed by atoms with Gasteiger partial charge in [0.2, 0.25) is 0 Å². The largest absolute Gasteiger partial charge is 0.493 e. The fourth-order valence-corrected chi connectivity index (χ4v) is 2.84. The lowest BCUT2D eigenvalue weighted by atomic mass is 10.1. The molecule has 0 aliphatic rings. The Kier molecular flexibility index (Phi) is 12.5. The molecule has 32 heavy (non-hydrogen) atoms. The number of aliphatic imine (C=N–C) groups is 1. The fraction of sp³-hybridized carbons (Fsp3) is 0.391. The highest BCUT2D eigenvalue weighted by Gasteiger charge is 2.09. The van der Waals surface area contributed by atoms with Gasteiger partial charge >= 0.3 is 0 Å². The molecule has 2 rings (SSSR count). The number of methoxy groups -OCH3 is 1. The molecule has 0 aromatic heterocycles. The topological polar surface area (TPSA) is 87.2 Å². The van der Waals surface area contributed by atoms with Gasteiger partial charge in [-0.05, 0) is 50.8 Å². The molecule has 1 amide bonds. The number of ether oxygens (including phenoxy) is 2. The molecule has 0 aliphatic heterocycles. The number of halogens is 1. The predicted molar refractivity (Wildman–Crippen MR) is 141 cm³/mol. The number of benzene rings is 2. The van der Waals surface area contributed by atoms with Crippen LogP contribution in [0, 0.1) is 0 Å². The molecule has 0 unspecified atom stereocenters. The minimum atomic E-state index is -0.0760. The summed E-state index contributed by atoms with van der Waals surface area (Å²) in [6.45, 7) is 4.40. The summed E-state index contributed by atoms with van der Waals surface area (Å²) in [5, 5.41) is 9.44. The van der Waals surface area contributed by atoms with Gasteiger partial charge in [0.1, 0.15) is 0 Å². The Balaban J connectivity index is 0.00000512. The van der Waals surface area contributed by atoms with Crippen molar-refractivity contribution >= 4 is 41.5 Å². The van der Waals surface area contributed by atoms with Gasteiger partial charge in [-0.25, -0.2) is 0 Å². The van der Waals surface area contributed by atoms with Crippen molar-refractivity contribution in [2.45, 2.75) is 13.5 Å². The van der Waals surface area contributed by atoms with E-state index in [9.17, 15) is 4.79 Å². The number of nitrogens with zero attached hydrogens (tertiary/aromatic N) is 2. The number of likely N-dealkylation sites (N-methyl/N-ethyl adjacent to an activating group) is 1. The van der Waals surface area contributed by atoms with Gasteiger partial charge in [-0.15, -0.1) is 24.0 Å². The highest BCUT2D eigenvalue weighted by Crippen LogP contribution is 2.30. The van der Waals surface area contributed by atoms with Crippen molar-refractivity contribution in [1.29, 1.82) is 0 Å². The van der Waals surface area contributed by atoms with Crippen molar-refractivity contribution in [2.75, 3.05) is 53.3 Å². The average molecular weight is 555 g/mol. The predicted octanol–water partition coefficient (Wildman–Crippen LogP) is 3.19. The summed E-state index contributed by atoms with van der Waals surface area (Å²) in [5.41, 5.74) is 2.44. The summed E-state index contributed by atoms with van der Waals surface area (Å²) in [7, 11) is 7.27. The van der Waals surface area contributed by atoms with E-state index in [2.05, 4.69) is 20.9 Å². The van der Waals surface area contributed by atoms with Crippen LogP contribution in [0.4, 0.5) is 5.69 Å². The van der Waals surface area contributed by atoms with Crippen LogP contribution in [0.15, 0.2) is 47.5 Å². The lowest BCUT2D eigenvalue weighted by molar-refractivity contribution is 0.0951. The van der Waals surface area contributed by atoms with E-state index in [1.807, 2.05) is 68.4 Å². The first kappa shape index (κ1) is 27.5. The first-order chi connectivity index (χ1) is 15.0. The van der Waals surface area contributed by atoms with E-state index in [1.54, 1.807) is 14.2 Å². The number of guanidine groups is 1. The quantitative estimate of drug-likeness (QED) is 0.237. The van der Waals surface area contributed by atoms with E-state index in [1.165, 1.54) is 0 Å². The second-order valence-corrected chi connectivity index (χ2v) is 7.11. The fourth-order valence-electron chi connectivity index (χ4n) is 2.84. The van der Waals surface area contributed by atoms with Crippen LogP contribution in [-0.4, -0.2) is 64.7 Å². The zero-order valence-electron chi connectivity index (χ0n) is 19.4. The summed E-state index contributed by atoms with van der Waals surface area (Å²) in [4.78, 5) is 18.6. The van der Waals surface area contributed by atoms with E-state index < -0.39 is 0 Å². The van der Waals surface area contributed by atoms with Gasteiger partial charge in [-0.1, -0.05) is 12.1 Å². The van der Waals surface area contributed by atoms with Crippen molar-refractivity contribution < 1.29 is 14.3 Å². The van der Waals surface area contributed by atoms with Crippen LogP contribution in [0.25, 0.3) is 0 Å². The zero-order chi connectivity index (χ0) is 22.6. The molecule has 0 atom stereocenters. The van der Waals surface area contributed by atoms with Crippen molar-refractivity contribution in [3.8, 4) is 11.5 Å². The maximum atomic E-state index is 12.3. The zero-order valence-corrected chi connectivity index (χ0v) is 21.7. The van der Waals surface area contributed by atoms with E-state index in [-0.39, 0.29) is 29.9 Å². The first-order valence-electron chi connectivity index (χ1n) is 10.3. The van der Waals surface area contributed by atoms with Gasteiger partial charge in [0.25, 0.3) is 5.91 Å². The Labute approximate surface area is 207 Å². The molecule has 0 saturated heterocycles. The lowest BCUT2D eigenvalue weighted by Gasteiger charge is -2.15. The van der Waals surface area contributed by atoms with Gasteiger partial charge in [0.15, 0.2) is 17.5 Å². The van der Waals surface area contributed by atoms with E-state index in [4.69, 9.17) is 9.47 Å². The summed E-state index contributed by atoms with van der Waals surface area (Å²) >= 11 is 0. The number of hydrogen-bond acceptors (Lipinski definition) is 5. The van der Waals surface area contributed by atoms with Crippen LogP contribution in [0.3, 0.4) is 0 Å². The Bertz CT molecular complexity index is 890. The monoisotopic (exact) mass is 555 g/mol. The van der Waals surface area contributed by atoms with Crippen molar-refractivity contribution in [1.82, 2.24) is 15.5 Å². The van der Waals surface area contributed by atoms with Crippen LogP contribution >= 0.6 is 24.0 Å². The highest BCUT2D eigenvalue weighted by atomic mass is 127. The number of anilines is 1. The molecular formula is C23H34IN5O3. The molecule has 0 spiro atoms. The summed E-state index contributed by atoms with van der Waals surface area (Å²) in [6, 6.07) is 13.2. The number of carbonyl (C=O) groups is 1. The molecular weight excluding hydrogens is 521 g/mol. The van der Waals surface area contributed by atoms with Gasteiger partial charge in [-0.3, -0.25) is 9.79 Å². The average Bonchev–Trinajstić information content (AvgIpc) is 2.77. The van der Waals surface area contributed by atoms with E-state index in [0.29, 0.717) is 42.7 Å². The minimum Gasteiger partial charge on any atom is -0.493 e. The van der Waals surface area contributed by atoms with Crippen molar-refractivity contribution in [3.05, 3.63) is 53.6 Å². The van der Waals surface area contributed by atoms with Crippen molar-refractivity contribution in [2.24, 2.45) is 4.99 Å². The molecule has 2 aromatic carbocycles. The third-order valence-electron chi connectivity index (χ3n) is 4.44.